The van der Waals surface area contributed by atoms with E-state index >= 15 is 0 Å². The number of hydrogen-bond acceptors (Lipinski definition) is 5. The summed E-state index contributed by atoms with van der Waals surface area (Å²) >= 11 is 0. The molecule has 3 amide bonds. The van der Waals surface area contributed by atoms with Crippen molar-refractivity contribution in [1.29, 1.82) is 0 Å². The summed E-state index contributed by atoms with van der Waals surface area (Å²) in [5, 5.41) is 0. The average molecular weight is 409 g/mol. The van der Waals surface area contributed by atoms with E-state index in [-0.39, 0.29) is 18.9 Å². The highest BCUT2D eigenvalue weighted by molar-refractivity contribution is 5.95. The largest absolute Gasteiger partial charge is 0.455 e. The molecule has 1 aliphatic rings. The number of hydrogen-bond donors (Lipinski definition) is 2. The second-order valence-corrected chi connectivity index (χ2v) is 6.95. The van der Waals surface area contributed by atoms with Gasteiger partial charge in [-0.2, -0.15) is 0 Å². The molecule has 2 aromatic rings. The molecule has 8 heteroatoms. The molecule has 0 unspecified atom stereocenters. The topological polar surface area (TPSA) is 105 Å². The maximum Gasteiger partial charge on any atom is 0.311 e. The summed E-state index contributed by atoms with van der Waals surface area (Å²) in [5.41, 5.74) is 5.94. The van der Waals surface area contributed by atoms with Gasteiger partial charge in [-0.15, -0.1) is 0 Å². The molecule has 8 nitrogen and oxygen atoms in total. The minimum absolute atomic E-state index is 0.0694. The minimum atomic E-state index is -0.669. The van der Waals surface area contributed by atoms with Crippen molar-refractivity contribution < 1.29 is 23.9 Å². The van der Waals surface area contributed by atoms with Crippen LogP contribution in [0.3, 0.4) is 0 Å². The van der Waals surface area contributed by atoms with E-state index in [9.17, 15) is 19.2 Å². The van der Waals surface area contributed by atoms with Crippen molar-refractivity contribution in [2.75, 3.05) is 19.7 Å². The molecule has 1 saturated heterocycles. The lowest BCUT2D eigenvalue weighted by atomic mass is 10.1. The van der Waals surface area contributed by atoms with Crippen LogP contribution in [-0.4, -0.2) is 48.3 Å². The van der Waals surface area contributed by atoms with Crippen molar-refractivity contribution in [3.05, 3.63) is 71.8 Å². The monoisotopic (exact) mass is 409 g/mol. The van der Waals surface area contributed by atoms with Crippen LogP contribution in [0.25, 0.3) is 0 Å². The smallest absolute Gasteiger partial charge is 0.311 e. The third-order valence-corrected chi connectivity index (χ3v) is 4.76. The number of esters is 1. The van der Waals surface area contributed by atoms with E-state index in [1.807, 2.05) is 30.3 Å². The molecule has 3 rings (SSSR count). The van der Waals surface area contributed by atoms with Crippen LogP contribution in [0, 0.1) is 5.92 Å². The Hall–Kier alpha value is -3.68. The van der Waals surface area contributed by atoms with E-state index in [0.29, 0.717) is 18.5 Å². The van der Waals surface area contributed by atoms with Gasteiger partial charge in [-0.3, -0.25) is 30.0 Å². The zero-order valence-electron chi connectivity index (χ0n) is 16.4. The van der Waals surface area contributed by atoms with Crippen molar-refractivity contribution in [2.24, 2.45) is 5.92 Å². The maximum atomic E-state index is 12.2. The van der Waals surface area contributed by atoms with Gasteiger partial charge < -0.3 is 9.64 Å². The van der Waals surface area contributed by atoms with Gasteiger partial charge in [-0.25, -0.2) is 0 Å². The lowest BCUT2D eigenvalue weighted by Crippen LogP contribution is -2.43. The predicted octanol–water partition coefficient (Wildman–Crippen LogP) is 1.08. The van der Waals surface area contributed by atoms with Crippen LogP contribution in [0.5, 0.6) is 0 Å². The highest BCUT2D eigenvalue weighted by Crippen LogP contribution is 2.19. The summed E-state index contributed by atoms with van der Waals surface area (Å²) in [4.78, 5) is 49.7. The van der Waals surface area contributed by atoms with E-state index in [1.54, 1.807) is 35.2 Å². The summed E-state index contributed by atoms with van der Waals surface area (Å²) < 4.78 is 5.00. The molecule has 0 saturated carbocycles. The highest BCUT2D eigenvalue weighted by Gasteiger charge is 2.35. The molecule has 2 aromatic carbocycles. The van der Waals surface area contributed by atoms with E-state index in [1.165, 1.54) is 0 Å². The van der Waals surface area contributed by atoms with Crippen molar-refractivity contribution in [3.8, 4) is 0 Å². The Morgan fingerprint density at radius 3 is 2.33 bits per heavy atom. The van der Waals surface area contributed by atoms with E-state index in [4.69, 9.17) is 4.74 Å². The number of amides is 3. The van der Waals surface area contributed by atoms with Crippen LogP contribution in [0.4, 0.5) is 0 Å². The highest BCUT2D eigenvalue weighted by atomic mass is 16.5. The van der Waals surface area contributed by atoms with Gasteiger partial charge in [0.05, 0.1) is 5.92 Å². The van der Waals surface area contributed by atoms with Gasteiger partial charge >= 0.3 is 5.97 Å². The molecule has 1 aliphatic heterocycles. The first-order chi connectivity index (χ1) is 14.5. The predicted molar refractivity (Wildman–Crippen MR) is 108 cm³/mol. The fourth-order valence-corrected chi connectivity index (χ4v) is 3.13. The van der Waals surface area contributed by atoms with Gasteiger partial charge in [0.1, 0.15) is 0 Å². The number of ether oxygens (including phenoxy) is 1. The maximum absolute atomic E-state index is 12.2. The van der Waals surface area contributed by atoms with Crippen molar-refractivity contribution in [3.63, 3.8) is 0 Å². The molecule has 0 radical (unpaired) electrons. The molecule has 2 N–H and O–H groups in total. The SMILES string of the molecule is O=C(COC(=O)[C@@H]1CC(=O)N(CCc2ccccc2)C1)NNC(=O)c1ccccc1. The first-order valence-corrected chi connectivity index (χ1v) is 9.65. The quantitative estimate of drug-likeness (QED) is 0.526. The Morgan fingerprint density at radius 1 is 0.967 bits per heavy atom. The molecule has 1 atom stereocenters. The first-order valence-electron chi connectivity index (χ1n) is 9.65. The Kier molecular flexibility index (Phi) is 7.15. The van der Waals surface area contributed by atoms with Crippen LogP contribution >= 0.6 is 0 Å². The number of carbonyl (C=O) groups excluding carboxylic acids is 4. The van der Waals surface area contributed by atoms with Crippen molar-refractivity contribution in [2.45, 2.75) is 12.8 Å². The average Bonchev–Trinajstić information content (AvgIpc) is 3.16. The number of rotatable bonds is 7. The lowest BCUT2D eigenvalue weighted by molar-refractivity contribution is -0.152. The zero-order chi connectivity index (χ0) is 21.3. The van der Waals surface area contributed by atoms with Crippen LogP contribution in [0.1, 0.15) is 22.3 Å². The molecule has 156 valence electrons. The summed E-state index contributed by atoms with van der Waals surface area (Å²) in [6.07, 6.45) is 0.776. The third-order valence-electron chi connectivity index (χ3n) is 4.76. The van der Waals surface area contributed by atoms with Gasteiger partial charge in [0.15, 0.2) is 6.61 Å². The number of nitrogens with one attached hydrogen (secondary N) is 2. The fourth-order valence-electron chi connectivity index (χ4n) is 3.13. The van der Waals surface area contributed by atoms with Crippen LogP contribution in [0.2, 0.25) is 0 Å². The van der Waals surface area contributed by atoms with E-state index < -0.39 is 30.3 Å². The van der Waals surface area contributed by atoms with Gasteiger partial charge in [0, 0.05) is 25.1 Å². The number of carbonyl (C=O) groups is 4. The molecule has 0 aliphatic carbocycles. The molecule has 1 heterocycles. The summed E-state index contributed by atoms with van der Waals surface area (Å²) in [6.45, 7) is 0.262. The van der Waals surface area contributed by atoms with E-state index in [2.05, 4.69) is 10.9 Å². The lowest BCUT2D eigenvalue weighted by Gasteiger charge is -2.16. The summed E-state index contributed by atoms with van der Waals surface area (Å²) in [5.74, 6) is -2.45. The van der Waals surface area contributed by atoms with E-state index in [0.717, 1.165) is 5.56 Å². The minimum Gasteiger partial charge on any atom is -0.455 e. The second kappa shape index (κ2) is 10.2. The van der Waals surface area contributed by atoms with Gasteiger partial charge in [0.2, 0.25) is 5.91 Å². The molecule has 0 aromatic heterocycles. The molecule has 0 bridgehead atoms. The summed E-state index contributed by atoms with van der Waals surface area (Å²) in [6, 6.07) is 18.1. The van der Waals surface area contributed by atoms with Gasteiger partial charge in [0.25, 0.3) is 11.8 Å². The fraction of sp³-hybridized carbons (Fsp3) is 0.273. The Morgan fingerprint density at radius 2 is 1.63 bits per heavy atom. The Balaban J connectivity index is 1.37. The Bertz CT molecular complexity index is 902. The number of benzene rings is 2. The van der Waals surface area contributed by atoms with Crippen LogP contribution in [-0.2, 0) is 25.5 Å². The van der Waals surface area contributed by atoms with Crippen molar-refractivity contribution in [1.82, 2.24) is 15.8 Å². The first kappa shape index (κ1) is 21.0. The van der Waals surface area contributed by atoms with Gasteiger partial charge in [-0.05, 0) is 24.1 Å². The zero-order valence-corrected chi connectivity index (χ0v) is 16.4. The molecule has 30 heavy (non-hydrogen) atoms. The number of likely N-dealkylation sites (tertiary alicyclic amines) is 1. The number of nitrogens with zero attached hydrogens (tertiary/aromatic N) is 1. The van der Waals surface area contributed by atoms with Crippen molar-refractivity contribution >= 4 is 23.7 Å². The molecule has 1 fully saturated rings. The van der Waals surface area contributed by atoms with Gasteiger partial charge in [-0.1, -0.05) is 48.5 Å². The summed E-state index contributed by atoms with van der Waals surface area (Å²) in [7, 11) is 0. The molecular formula is C22H23N3O5. The van der Waals surface area contributed by atoms with Crippen LogP contribution in [0.15, 0.2) is 60.7 Å². The standard InChI is InChI=1S/C22H23N3O5/c26-19(23-24-21(28)17-9-5-2-6-10-17)15-30-22(29)18-13-20(27)25(14-18)12-11-16-7-3-1-4-8-16/h1-10,18H,11-15H2,(H,23,26)(H,24,28)/t18-/m1/s1. The third kappa shape index (κ3) is 5.91. The normalized spacial score (nSPS) is 15.5. The number of hydrazine groups is 1. The Labute approximate surface area is 174 Å². The second-order valence-electron chi connectivity index (χ2n) is 6.95. The van der Waals surface area contributed by atoms with Crippen LogP contribution < -0.4 is 10.9 Å². The molecule has 0 spiro atoms. The molecular weight excluding hydrogens is 386 g/mol.